The summed E-state index contributed by atoms with van der Waals surface area (Å²) in [5.74, 6) is -1.01. The number of aromatic nitrogens is 1. The summed E-state index contributed by atoms with van der Waals surface area (Å²) in [6, 6.07) is 6.84. The van der Waals surface area contributed by atoms with Crippen molar-refractivity contribution in [1.82, 2.24) is 10.3 Å². The first-order valence-corrected chi connectivity index (χ1v) is 7.71. The Kier molecular flexibility index (Phi) is 5.39. The largest absolute Gasteiger partial charge is 0.383 e. The third kappa shape index (κ3) is 4.32. The summed E-state index contributed by atoms with van der Waals surface area (Å²) in [7, 11) is 0. The minimum Gasteiger partial charge on any atom is -0.383 e. The highest BCUT2D eigenvalue weighted by Gasteiger charge is 2.24. The first kappa shape index (κ1) is 17.0. The molecule has 0 unspecified atom stereocenters. The monoisotopic (exact) mass is 317 g/mol. The lowest BCUT2D eigenvalue weighted by atomic mass is 10.0. The zero-order chi connectivity index (χ0) is 17.0. The van der Waals surface area contributed by atoms with E-state index < -0.39 is 24.0 Å². The van der Waals surface area contributed by atoms with Crippen molar-refractivity contribution < 1.29 is 14.7 Å². The van der Waals surface area contributed by atoms with Crippen LogP contribution in [0.3, 0.4) is 0 Å². The predicted molar refractivity (Wildman–Crippen MR) is 88.6 cm³/mol. The SMILES string of the molecule is CC(C)C[C@@H](O)C(=O)N[C@H](Cc1c[nH]c2ccccc12)C(N)=O. The van der Waals surface area contributed by atoms with Gasteiger partial charge < -0.3 is 21.1 Å². The Morgan fingerprint density at radius 3 is 2.65 bits per heavy atom. The zero-order valence-corrected chi connectivity index (χ0v) is 13.4. The van der Waals surface area contributed by atoms with Crippen molar-refractivity contribution in [3.05, 3.63) is 36.0 Å². The molecular formula is C17H23N3O3. The lowest BCUT2D eigenvalue weighted by Crippen LogP contribution is -2.49. The molecule has 0 saturated heterocycles. The second-order valence-corrected chi connectivity index (χ2v) is 6.17. The van der Waals surface area contributed by atoms with Crippen LogP contribution in [0.2, 0.25) is 0 Å². The molecule has 2 rings (SSSR count). The Hall–Kier alpha value is -2.34. The molecule has 0 bridgehead atoms. The minimum absolute atomic E-state index is 0.177. The molecule has 1 heterocycles. The molecule has 1 aromatic carbocycles. The fourth-order valence-electron chi connectivity index (χ4n) is 2.56. The molecule has 2 aromatic rings. The number of hydrogen-bond donors (Lipinski definition) is 4. The maximum absolute atomic E-state index is 12.0. The second-order valence-electron chi connectivity index (χ2n) is 6.17. The van der Waals surface area contributed by atoms with Crippen LogP contribution in [0, 0.1) is 5.92 Å². The molecule has 5 N–H and O–H groups in total. The number of benzene rings is 1. The molecule has 2 amide bonds. The van der Waals surface area contributed by atoms with E-state index in [1.807, 2.05) is 38.1 Å². The molecule has 2 atom stereocenters. The highest BCUT2D eigenvalue weighted by Crippen LogP contribution is 2.19. The first-order chi connectivity index (χ1) is 10.9. The van der Waals surface area contributed by atoms with Crippen LogP contribution < -0.4 is 11.1 Å². The zero-order valence-electron chi connectivity index (χ0n) is 13.4. The quantitative estimate of drug-likeness (QED) is 0.614. The Bertz CT molecular complexity index is 693. The van der Waals surface area contributed by atoms with Crippen molar-refractivity contribution in [1.29, 1.82) is 0 Å². The third-order valence-electron chi connectivity index (χ3n) is 3.76. The van der Waals surface area contributed by atoms with E-state index in [9.17, 15) is 14.7 Å². The molecular weight excluding hydrogens is 294 g/mol. The van der Waals surface area contributed by atoms with Crippen LogP contribution >= 0.6 is 0 Å². The van der Waals surface area contributed by atoms with E-state index in [4.69, 9.17) is 5.73 Å². The fourth-order valence-corrected chi connectivity index (χ4v) is 2.56. The fraction of sp³-hybridized carbons (Fsp3) is 0.412. The van der Waals surface area contributed by atoms with Crippen LogP contribution in [0.1, 0.15) is 25.8 Å². The number of rotatable bonds is 7. The molecule has 0 aliphatic carbocycles. The summed E-state index contributed by atoms with van der Waals surface area (Å²) in [6.07, 6.45) is 1.28. The Morgan fingerprint density at radius 1 is 1.30 bits per heavy atom. The maximum Gasteiger partial charge on any atom is 0.249 e. The summed E-state index contributed by atoms with van der Waals surface area (Å²) in [6.45, 7) is 3.82. The number of para-hydroxylation sites is 1. The van der Waals surface area contributed by atoms with Gasteiger partial charge in [-0.05, 0) is 24.0 Å². The van der Waals surface area contributed by atoms with Crippen molar-refractivity contribution in [2.75, 3.05) is 0 Å². The molecule has 0 radical (unpaired) electrons. The van der Waals surface area contributed by atoms with Crippen LogP contribution in [0.25, 0.3) is 10.9 Å². The van der Waals surface area contributed by atoms with Gasteiger partial charge in [-0.1, -0.05) is 32.0 Å². The number of aromatic amines is 1. The molecule has 6 heteroatoms. The van der Waals surface area contributed by atoms with Gasteiger partial charge in [0.2, 0.25) is 11.8 Å². The molecule has 6 nitrogen and oxygen atoms in total. The van der Waals surface area contributed by atoms with E-state index in [-0.39, 0.29) is 12.3 Å². The summed E-state index contributed by atoms with van der Waals surface area (Å²) >= 11 is 0. The number of amides is 2. The van der Waals surface area contributed by atoms with Crippen LogP contribution in [-0.2, 0) is 16.0 Å². The smallest absolute Gasteiger partial charge is 0.249 e. The highest BCUT2D eigenvalue weighted by molar-refractivity contribution is 5.90. The van der Waals surface area contributed by atoms with Gasteiger partial charge in [0.1, 0.15) is 12.1 Å². The summed E-state index contributed by atoms with van der Waals surface area (Å²) in [4.78, 5) is 26.8. The third-order valence-corrected chi connectivity index (χ3v) is 3.76. The number of carbonyl (C=O) groups is 2. The summed E-state index contributed by atoms with van der Waals surface area (Å²) in [5, 5.41) is 13.4. The molecule has 0 aliphatic heterocycles. The number of fused-ring (bicyclic) bond motifs is 1. The van der Waals surface area contributed by atoms with Gasteiger partial charge in [-0.25, -0.2) is 0 Å². The second kappa shape index (κ2) is 7.28. The van der Waals surface area contributed by atoms with Crippen LogP contribution in [-0.4, -0.2) is 34.1 Å². The van der Waals surface area contributed by atoms with Gasteiger partial charge in [0.25, 0.3) is 0 Å². The number of H-pyrrole nitrogens is 1. The van der Waals surface area contributed by atoms with Gasteiger partial charge in [0, 0.05) is 23.5 Å². The van der Waals surface area contributed by atoms with Gasteiger partial charge in [-0.3, -0.25) is 9.59 Å². The lowest BCUT2D eigenvalue weighted by molar-refractivity contribution is -0.133. The van der Waals surface area contributed by atoms with E-state index in [1.165, 1.54) is 0 Å². The van der Waals surface area contributed by atoms with Gasteiger partial charge in [-0.15, -0.1) is 0 Å². The average molecular weight is 317 g/mol. The van der Waals surface area contributed by atoms with Crippen molar-refractivity contribution in [2.45, 2.75) is 38.8 Å². The normalized spacial score (nSPS) is 13.9. The van der Waals surface area contributed by atoms with E-state index in [0.29, 0.717) is 6.42 Å². The van der Waals surface area contributed by atoms with Crippen molar-refractivity contribution >= 4 is 22.7 Å². The lowest BCUT2D eigenvalue weighted by Gasteiger charge is -2.18. The topological polar surface area (TPSA) is 108 Å². The number of nitrogens with one attached hydrogen (secondary N) is 2. The Balaban J connectivity index is 2.10. The van der Waals surface area contributed by atoms with Crippen LogP contribution in [0.5, 0.6) is 0 Å². The van der Waals surface area contributed by atoms with Gasteiger partial charge in [-0.2, -0.15) is 0 Å². The summed E-state index contributed by atoms with van der Waals surface area (Å²) < 4.78 is 0. The minimum atomic E-state index is -1.14. The predicted octanol–water partition coefficient (Wildman–Crippen LogP) is 1.09. The molecule has 0 saturated carbocycles. The number of hydrogen-bond acceptors (Lipinski definition) is 3. The van der Waals surface area contributed by atoms with E-state index >= 15 is 0 Å². The standard InChI is InChI=1S/C17H23N3O3/c1-10(2)7-15(21)17(23)20-14(16(18)22)8-11-9-19-13-6-4-3-5-12(11)13/h3-6,9-10,14-15,19,21H,7-8H2,1-2H3,(H2,18,22)(H,20,23)/t14-,15-/m1/s1. The molecule has 124 valence electrons. The summed E-state index contributed by atoms with van der Waals surface area (Å²) in [5.41, 5.74) is 7.25. The van der Waals surface area contributed by atoms with Gasteiger partial charge in [0.05, 0.1) is 0 Å². The average Bonchev–Trinajstić information content (AvgIpc) is 2.89. The Labute approximate surface area is 135 Å². The van der Waals surface area contributed by atoms with Crippen LogP contribution in [0.15, 0.2) is 30.5 Å². The van der Waals surface area contributed by atoms with Crippen molar-refractivity contribution in [3.8, 4) is 0 Å². The van der Waals surface area contributed by atoms with Gasteiger partial charge in [0.15, 0.2) is 0 Å². The maximum atomic E-state index is 12.0. The molecule has 23 heavy (non-hydrogen) atoms. The molecule has 1 aromatic heterocycles. The van der Waals surface area contributed by atoms with Crippen molar-refractivity contribution in [3.63, 3.8) is 0 Å². The number of carbonyl (C=O) groups excluding carboxylic acids is 2. The number of nitrogens with two attached hydrogens (primary N) is 1. The Morgan fingerprint density at radius 2 is 2.00 bits per heavy atom. The number of primary amides is 1. The number of aliphatic hydroxyl groups is 1. The van der Waals surface area contributed by atoms with Crippen LogP contribution in [0.4, 0.5) is 0 Å². The van der Waals surface area contributed by atoms with Gasteiger partial charge >= 0.3 is 0 Å². The molecule has 0 spiro atoms. The molecule has 0 fully saturated rings. The first-order valence-electron chi connectivity index (χ1n) is 7.71. The highest BCUT2D eigenvalue weighted by atomic mass is 16.3. The van der Waals surface area contributed by atoms with Crippen molar-refractivity contribution in [2.24, 2.45) is 11.7 Å². The van der Waals surface area contributed by atoms with E-state index in [2.05, 4.69) is 10.3 Å². The molecule has 0 aliphatic rings. The van der Waals surface area contributed by atoms with E-state index in [0.717, 1.165) is 16.5 Å². The number of aliphatic hydroxyl groups excluding tert-OH is 1. The van der Waals surface area contributed by atoms with E-state index in [1.54, 1.807) is 6.20 Å².